The molecule has 1 aromatic heterocycles. The molecule has 0 saturated carbocycles. The first-order chi connectivity index (χ1) is 22.1. The van der Waals surface area contributed by atoms with Crippen LogP contribution in [0.5, 0.6) is 0 Å². The Morgan fingerprint density at radius 2 is 0.778 bits per heavy atom. The number of nitrogens with zero attached hydrogens (tertiary/aromatic N) is 3. The highest BCUT2D eigenvalue weighted by Gasteiger charge is 2.36. The zero-order chi connectivity index (χ0) is 30.4. The number of fused-ring (bicyclic) bond motifs is 3. The molecule has 0 fully saturated rings. The molecule has 0 amide bonds. The van der Waals surface area contributed by atoms with Gasteiger partial charge in [0, 0.05) is 22.1 Å². The maximum atomic E-state index is 5.14. The van der Waals surface area contributed by atoms with Gasteiger partial charge in [-0.05, 0) is 56.6 Å². The largest absolute Gasteiger partial charge is 0.208 e. The van der Waals surface area contributed by atoms with Crippen molar-refractivity contribution in [3.8, 4) is 67.5 Å². The van der Waals surface area contributed by atoms with E-state index in [9.17, 15) is 0 Å². The van der Waals surface area contributed by atoms with Crippen LogP contribution in [0.1, 0.15) is 25.0 Å². The SMILES string of the molecule is CC1(C)c2cc(-c3ccccc3)ccc2-c2ccc(-c3nc(-c4ccccc4)nc(-c4ccccc4-c4ccccc4)n3)cc21. The Hall–Kier alpha value is -5.67. The lowest BCUT2D eigenvalue weighted by molar-refractivity contribution is 0.661. The first-order valence-electron chi connectivity index (χ1n) is 15.4. The van der Waals surface area contributed by atoms with E-state index in [0.29, 0.717) is 17.5 Å². The van der Waals surface area contributed by atoms with Crippen molar-refractivity contribution in [2.24, 2.45) is 0 Å². The van der Waals surface area contributed by atoms with Gasteiger partial charge in [-0.1, -0.05) is 153 Å². The maximum Gasteiger partial charge on any atom is 0.164 e. The Labute approximate surface area is 264 Å². The summed E-state index contributed by atoms with van der Waals surface area (Å²) >= 11 is 0. The second-order valence-corrected chi connectivity index (χ2v) is 12.1. The van der Waals surface area contributed by atoms with E-state index >= 15 is 0 Å². The lowest BCUT2D eigenvalue weighted by atomic mass is 9.81. The Balaban J connectivity index is 1.27. The first-order valence-corrected chi connectivity index (χ1v) is 15.4. The van der Waals surface area contributed by atoms with Crippen LogP contribution in [0, 0.1) is 0 Å². The number of rotatable bonds is 5. The standard InChI is InChI=1S/C42H31N3/c1-42(2)37-26-31(28-14-6-3-7-15-28)22-24-34(37)35-25-23-32(27-38(35)42)40-43-39(30-18-10-5-11-19-30)44-41(45-40)36-21-13-12-20-33(36)29-16-8-4-9-17-29/h3-27H,1-2H3. The van der Waals surface area contributed by atoms with Crippen LogP contribution >= 0.6 is 0 Å². The van der Waals surface area contributed by atoms with Crippen molar-refractivity contribution in [3.63, 3.8) is 0 Å². The Morgan fingerprint density at radius 3 is 1.40 bits per heavy atom. The molecule has 214 valence electrons. The quantitative estimate of drug-likeness (QED) is 0.204. The van der Waals surface area contributed by atoms with Gasteiger partial charge in [-0.3, -0.25) is 0 Å². The van der Waals surface area contributed by atoms with E-state index in [1.807, 2.05) is 30.3 Å². The average Bonchev–Trinajstić information content (AvgIpc) is 3.34. The summed E-state index contributed by atoms with van der Waals surface area (Å²) in [5, 5.41) is 0. The van der Waals surface area contributed by atoms with Crippen molar-refractivity contribution in [2.75, 3.05) is 0 Å². The molecule has 7 aromatic rings. The van der Waals surface area contributed by atoms with E-state index in [0.717, 1.165) is 27.8 Å². The topological polar surface area (TPSA) is 38.7 Å². The van der Waals surface area contributed by atoms with Gasteiger partial charge in [-0.2, -0.15) is 0 Å². The fourth-order valence-electron chi connectivity index (χ4n) is 6.58. The van der Waals surface area contributed by atoms with Crippen molar-refractivity contribution < 1.29 is 0 Å². The van der Waals surface area contributed by atoms with E-state index in [-0.39, 0.29) is 5.41 Å². The second-order valence-electron chi connectivity index (χ2n) is 12.1. The zero-order valence-electron chi connectivity index (χ0n) is 25.3. The van der Waals surface area contributed by atoms with Crippen molar-refractivity contribution in [1.82, 2.24) is 15.0 Å². The van der Waals surface area contributed by atoms with Crippen molar-refractivity contribution in [2.45, 2.75) is 19.3 Å². The molecule has 0 spiro atoms. The molecule has 0 atom stereocenters. The smallest absolute Gasteiger partial charge is 0.164 e. The molecule has 0 bridgehead atoms. The van der Waals surface area contributed by atoms with Crippen LogP contribution < -0.4 is 0 Å². The predicted octanol–water partition coefficient (Wildman–Crippen LogP) is 10.5. The molecule has 8 rings (SSSR count). The highest BCUT2D eigenvalue weighted by atomic mass is 15.0. The molecule has 1 heterocycles. The molecule has 45 heavy (non-hydrogen) atoms. The highest BCUT2D eigenvalue weighted by molar-refractivity contribution is 5.86. The summed E-state index contributed by atoms with van der Waals surface area (Å²) in [6, 6.07) is 53.1. The molecule has 3 heteroatoms. The van der Waals surface area contributed by atoms with Gasteiger partial charge in [0.1, 0.15) is 0 Å². The van der Waals surface area contributed by atoms with Crippen molar-refractivity contribution >= 4 is 0 Å². The summed E-state index contributed by atoms with van der Waals surface area (Å²) in [5.74, 6) is 1.99. The number of hydrogen-bond donors (Lipinski definition) is 0. The minimum absolute atomic E-state index is 0.177. The molecule has 6 aromatic carbocycles. The molecule has 3 nitrogen and oxygen atoms in total. The van der Waals surface area contributed by atoms with Gasteiger partial charge in [0.25, 0.3) is 0 Å². The Kier molecular flexibility index (Phi) is 6.46. The lowest BCUT2D eigenvalue weighted by Gasteiger charge is -2.22. The minimum Gasteiger partial charge on any atom is -0.208 e. The molecule has 0 N–H and O–H groups in total. The zero-order valence-corrected chi connectivity index (χ0v) is 25.3. The number of benzene rings is 6. The Bertz CT molecular complexity index is 2170. The second kappa shape index (κ2) is 10.8. The third-order valence-corrected chi connectivity index (χ3v) is 8.96. The van der Waals surface area contributed by atoms with E-state index < -0.39 is 0 Å². The predicted molar refractivity (Wildman–Crippen MR) is 185 cm³/mol. The van der Waals surface area contributed by atoms with Gasteiger partial charge in [0.2, 0.25) is 0 Å². The van der Waals surface area contributed by atoms with Gasteiger partial charge < -0.3 is 0 Å². The summed E-state index contributed by atoms with van der Waals surface area (Å²) in [6.07, 6.45) is 0. The number of aromatic nitrogens is 3. The van der Waals surface area contributed by atoms with Gasteiger partial charge in [-0.25, -0.2) is 15.0 Å². The average molecular weight is 578 g/mol. The highest BCUT2D eigenvalue weighted by Crippen LogP contribution is 2.50. The summed E-state index contributed by atoms with van der Waals surface area (Å²) in [6.45, 7) is 4.64. The molecule has 0 saturated heterocycles. The molecule has 0 radical (unpaired) electrons. The van der Waals surface area contributed by atoms with E-state index in [4.69, 9.17) is 15.0 Å². The van der Waals surface area contributed by atoms with Crippen LogP contribution in [0.25, 0.3) is 67.5 Å². The monoisotopic (exact) mass is 577 g/mol. The summed E-state index contributed by atoms with van der Waals surface area (Å²) in [4.78, 5) is 15.2. The molecule has 0 aliphatic heterocycles. The minimum atomic E-state index is -0.177. The van der Waals surface area contributed by atoms with Crippen LogP contribution in [0.4, 0.5) is 0 Å². The van der Waals surface area contributed by atoms with Crippen LogP contribution in [0.3, 0.4) is 0 Å². The van der Waals surface area contributed by atoms with Crippen LogP contribution in [0.2, 0.25) is 0 Å². The number of hydrogen-bond acceptors (Lipinski definition) is 3. The van der Waals surface area contributed by atoms with E-state index in [2.05, 4.69) is 135 Å². The summed E-state index contributed by atoms with van der Waals surface area (Å²) in [5.41, 5.74) is 12.6. The normalized spacial score (nSPS) is 12.8. The summed E-state index contributed by atoms with van der Waals surface area (Å²) in [7, 11) is 0. The van der Waals surface area contributed by atoms with Crippen LogP contribution in [0.15, 0.2) is 152 Å². The first kappa shape index (κ1) is 26.9. The molecular weight excluding hydrogens is 546 g/mol. The van der Waals surface area contributed by atoms with Crippen LogP contribution in [-0.4, -0.2) is 15.0 Å². The molecule has 0 unspecified atom stereocenters. The third-order valence-electron chi connectivity index (χ3n) is 8.96. The van der Waals surface area contributed by atoms with Crippen LogP contribution in [-0.2, 0) is 5.41 Å². The van der Waals surface area contributed by atoms with E-state index in [1.54, 1.807) is 0 Å². The molecular formula is C42H31N3. The van der Waals surface area contributed by atoms with Gasteiger partial charge in [0.15, 0.2) is 17.5 Å². The third kappa shape index (κ3) is 4.74. The Morgan fingerprint density at radius 1 is 0.333 bits per heavy atom. The van der Waals surface area contributed by atoms with E-state index in [1.165, 1.54) is 33.4 Å². The van der Waals surface area contributed by atoms with Crippen molar-refractivity contribution in [3.05, 3.63) is 163 Å². The van der Waals surface area contributed by atoms with Gasteiger partial charge in [-0.15, -0.1) is 0 Å². The lowest BCUT2D eigenvalue weighted by Crippen LogP contribution is -2.15. The van der Waals surface area contributed by atoms with Gasteiger partial charge >= 0.3 is 0 Å². The van der Waals surface area contributed by atoms with Crippen molar-refractivity contribution in [1.29, 1.82) is 0 Å². The van der Waals surface area contributed by atoms with Gasteiger partial charge in [0.05, 0.1) is 0 Å². The maximum absolute atomic E-state index is 5.14. The summed E-state index contributed by atoms with van der Waals surface area (Å²) < 4.78 is 0. The molecule has 1 aliphatic carbocycles. The fourth-order valence-corrected chi connectivity index (χ4v) is 6.58. The molecule has 1 aliphatic rings. The fraction of sp³-hybridized carbons (Fsp3) is 0.0714.